The molecule has 114 valence electrons. The van der Waals surface area contributed by atoms with Gasteiger partial charge in [-0.1, -0.05) is 44.6 Å². The molecule has 0 radical (unpaired) electrons. The van der Waals surface area contributed by atoms with E-state index in [0.717, 1.165) is 11.6 Å². The van der Waals surface area contributed by atoms with Gasteiger partial charge in [0.1, 0.15) is 0 Å². The van der Waals surface area contributed by atoms with E-state index in [9.17, 15) is 4.79 Å². The molecule has 2 atom stereocenters. The average molecular weight is 295 g/mol. The molecule has 1 aliphatic rings. The number of hydrogen-bond acceptors (Lipinski definition) is 2. The maximum Gasteiger partial charge on any atom is 0.333 e. The Morgan fingerprint density at radius 2 is 1.85 bits per heavy atom. The van der Waals surface area contributed by atoms with Gasteiger partial charge in [-0.15, -0.1) is 6.58 Å². The number of esters is 1. The Morgan fingerprint density at radius 3 is 2.35 bits per heavy atom. The summed E-state index contributed by atoms with van der Waals surface area (Å²) >= 11 is 0. The second kappa shape index (κ2) is 7.82. The van der Waals surface area contributed by atoms with Crippen molar-refractivity contribution in [3.8, 4) is 0 Å². The van der Waals surface area contributed by atoms with Crippen molar-refractivity contribution < 1.29 is 9.53 Å². The van der Waals surface area contributed by atoms with Gasteiger partial charge in [-0.2, -0.15) is 0 Å². The first-order chi connectivity index (χ1) is 9.37. The van der Waals surface area contributed by atoms with Crippen LogP contribution in [0, 0.1) is 11.8 Å². The molecule has 0 amide bonds. The van der Waals surface area contributed by atoms with Gasteiger partial charge in [0.2, 0.25) is 0 Å². The largest absolute Gasteiger partial charge is 0.463 e. The highest BCUT2D eigenvalue weighted by atomic mass is 28.3. The zero-order valence-corrected chi connectivity index (χ0v) is 14.6. The summed E-state index contributed by atoms with van der Waals surface area (Å²) in [7, 11) is -1.32. The number of carbonyl (C=O) groups is 1. The lowest BCUT2D eigenvalue weighted by atomic mass is 9.78. The minimum Gasteiger partial charge on any atom is -0.463 e. The molecule has 0 aromatic heterocycles. The highest BCUT2D eigenvalue weighted by Gasteiger charge is 2.26. The highest BCUT2D eigenvalue weighted by Crippen LogP contribution is 2.33. The molecule has 0 spiro atoms. The first kappa shape index (κ1) is 17.2. The van der Waals surface area contributed by atoms with E-state index in [1.807, 2.05) is 6.92 Å². The summed E-state index contributed by atoms with van der Waals surface area (Å²) in [4.78, 5) is 12.2. The Kier molecular flexibility index (Phi) is 6.73. The summed E-state index contributed by atoms with van der Waals surface area (Å²) < 4.78 is 5.25. The van der Waals surface area contributed by atoms with Crippen LogP contribution in [0.15, 0.2) is 24.3 Å². The van der Waals surface area contributed by atoms with Crippen LogP contribution in [0.2, 0.25) is 25.7 Å². The number of carbonyl (C=O) groups excluding carboxylic acids is 1. The van der Waals surface area contributed by atoms with Gasteiger partial charge in [0, 0.05) is 13.6 Å². The van der Waals surface area contributed by atoms with Gasteiger partial charge in [-0.3, -0.25) is 0 Å². The summed E-state index contributed by atoms with van der Waals surface area (Å²) in [5.41, 5.74) is 0.907. The monoisotopic (exact) mass is 294 g/mol. The highest BCUT2D eigenvalue weighted by molar-refractivity contribution is 6.77. The molecule has 3 heteroatoms. The number of rotatable bonds is 6. The van der Waals surface area contributed by atoms with Crippen LogP contribution >= 0.6 is 0 Å². The van der Waals surface area contributed by atoms with Crippen LogP contribution in [0.1, 0.15) is 32.6 Å². The quantitative estimate of drug-likeness (QED) is 0.304. The summed E-state index contributed by atoms with van der Waals surface area (Å²) in [6.45, 7) is 13.2. The van der Waals surface area contributed by atoms with E-state index in [0.29, 0.717) is 18.4 Å². The van der Waals surface area contributed by atoms with Crippen LogP contribution in [0.25, 0.3) is 0 Å². The topological polar surface area (TPSA) is 26.3 Å². The van der Waals surface area contributed by atoms with E-state index >= 15 is 0 Å². The number of allylic oxidation sites excluding steroid dienone is 2. The molecule has 1 aliphatic carbocycles. The Hall–Kier alpha value is -0.833. The van der Waals surface area contributed by atoms with Gasteiger partial charge in [0.15, 0.2) is 0 Å². The van der Waals surface area contributed by atoms with Gasteiger partial charge >= 0.3 is 5.97 Å². The van der Waals surface area contributed by atoms with Gasteiger partial charge in [-0.25, -0.2) is 4.79 Å². The molecule has 0 bridgehead atoms. The fraction of sp³-hybridized carbons (Fsp3) is 0.706. The average Bonchev–Trinajstić information content (AvgIpc) is 2.37. The minimum atomic E-state index is -1.32. The minimum absolute atomic E-state index is 0.108. The van der Waals surface area contributed by atoms with E-state index in [-0.39, 0.29) is 5.97 Å². The maximum atomic E-state index is 12.2. The van der Waals surface area contributed by atoms with Crippen molar-refractivity contribution in [3.05, 3.63) is 24.3 Å². The van der Waals surface area contributed by atoms with Crippen molar-refractivity contribution in [2.75, 3.05) is 6.61 Å². The fourth-order valence-electron chi connectivity index (χ4n) is 2.94. The molecule has 0 aromatic carbocycles. The molecule has 1 rings (SSSR count). The first-order valence-electron chi connectivity index (χ1n) is 7.87. The van der Waals surface area contributed by atoms with Crippen LogP contribution in [-0.2, 0) is 9.53 Å². The van der Waals surface area contributed by atoms with E-state index in [2.05, 4.69) is 38.4 Å². The summed E-state index contributed by atoms with van der Waals surface area (Å²) in [6.07, 6.45) is 9.19. The lowest BCUT2D eigenvalue weighted by Gasteiger charge is -2.28. The third-order valence-electron chi connectivity index (χ3n) is 3.85. The van der Waals surface area contributed by atoms with Crippen LogP contribution in [0.4, 0.5) is 0 Å². The maximum absolute atomic E-state index is 12.2. The van der Waals surface area contributed by atoms with Crippen molar-refractivity contribution in [1.29, 1.82) is 0 Å². The van der Waals surface area contributed by atoms with Gasteiger partial charge in [0.25, 0.3) is 0 Å². The molecule has 0 N–H and O–H groups in total. The Bertz CT molecular complexity index is 366. The standard InChI is InChI=1S/C17H30O2Si/c1-6-14-10-8-9-11-15(14)12-16(13-20(3,4)5)17(18)19-7-2/h6,12,14-15H,1,7-11,13H2,2-5H3/b16-12-/t14-,15+/m1/s1. The number of ether oxygens (including phenoxy) is 1. The first-order valence-corrected chi connectivity index (χ1v) is 11.6. The summed E-state index contributed by atoms with van der Waals surface area (Å²) in [5, 5.41) is 0. The van der Waals surface area contributed by atoms with Crippen molar-refractivity contribution in [3.63, 3.8) is 0 Å². The third-order valence-corrected chi connectivity index (χ3v) is 5.29. The molecule has 0 heterocycles. The van der Waals surface area contributed by atoms with Crippen molar-refractivity contribution in [1.82, 2.24) is 0 Å². The second-order valence-electron chi connectivity index (χ2n) is 7.00. The predicted octanol–water partition coefficient (Wildman–Crippen LogP) is 4.81. The lowest BCUT2D eigenvalue weighted by molar-refractivity contribution is -0.138. The van der Waals surface area contributed by atoms with E-state index in [1.165, 1.54) is 25.7 Å². The zero-order chi connectivity index (χ0) is 15.2. The molecule has 1 saturated carbocycles. The normalized spacial score (nSPS) is 24.3. The van der Waals surface area contributed by atoms with Crippen molar-refractivity contribution >= 4 is 14.0 Å². The van der Waals surface area contributed by atoms with Gasteiger partial charge in [0.05, 0.1) is 6.61 Å². The van der Waals surface area contributed by atoms with Crippen molar-refractivity contribution in [2.24, 2.45) is 11.8 Å². The van der Waals surface area contributed by atoms with E-state index in [1.54, 1.807) is 0 Å². The molecule has 0 saturated heterocycles. The molecule has 0 aliphatic heterocycles. The SMILES string of the molecule is C=C[C@@H]1CCCC[C@H]1/C=C(/C[Si](C)(C)C)C(=O)OCC. The Balaban J connectivity index is 2.91. The predicted molar refractivity (Wildman–Crippen MR) is 88.5 cm³/mol. The summed E-state index contributed by atoms with van der Waals surface area (Å²) in [5.74, 6) is 0.884. The van der Waals surface area contributed by atoms with Crippen molar-refractivity contribution in [2.45, 2.75) is 58.3 Å². The van der Waals surface area contributed by atoms with Crippen LogP contribution in [-0.4, -0.2) is 20.7 Å². The zero-order valence-electron chi connectivity index (χ0n) is 13.6. The molecule has 0 aromatic rings. The second-order valence-corrected chi connectivity index (χ2v) is 12.5. The van der Waals surface area contributed by atoms with E-state index in [4.69, 9.17) is 4.74 Å². The molecular weight excluding hydrogens is 264 g/mol. The Labute approximate surface area is 125 Å². The molecule has 0 unspecified atom stereocenters. The van der Waals surface area contributed by atoms with Crippen LogP contribution in [0.5, 0.6) is 0 Å². The fourth-order valence-corrected chi connectivity index (χ4v) is 4.35. The Morgan fingerprint density at radius 1 is 1.25 bits per heavy atom. The van der Waals surface area contributed by atoms with Gasteiger partial charge in [-0.05, 0) is 37.6 Å². The molecule has 20 heavy (non-hydrogen) atoms. The molecular formula is C17H30O2Si. The third kappa shape index (κ3) is 5.66. The molecule has 1 fully saturated rings. The van der Waals surface area contributed by atoms with Crippen LogP contribution < -0.4 is 0 Å². The molecule has 2 nitrogen and oxygen atoms in total. The lowest BCUT2D eigenvalue weighted by Crippen LogP contribution is -2.25. The van der Waals surface area contributed by atoms with Gasteiger partial charge < -0.3 is 4.74 Å². The smallest absolute Gasteiger partial charge is 0.333 e. The number of hydrogen-bond donors (Lipinski definition) is 0. The van der Waals surface area contributed by atoms with E-state index < -0.39 is 8.07 Å². The summed E-state index contributed by atoms with van der Waals surface area (Å²) in [6, 6.07) is 0.909. The van der Waals surface area contributed by atoms with Crippen LogP contribution in [0.3, 0.4) is 0 Å².